The summed E-state index contributed by atoms with van der Waals surface area (Å²) < 4.78 is 5.20. The fourth-order valence-electron chi connectivity index (χ4n) is 1.72. The van der Waals surface area contributed by atoms with Gasteiger partial charge in [-0.3, -0.25) is 4.90 Å². The zero-order valence-corrected chi connectivity index (χ0v) is 11.0. The molecule has 98 valence electrons. The van der Waals surface area contributed by atoms with E-state index in [1.165, 1.54) is 0 Å². The summed E-state index contributed by atoms with van der Waals surface area (Å²) in [5, 5.41) is 12.9. The maximum atomic E-state index is 8.96. The van der Waals surface area contributed by atoms with E-state index < -0.39 is 0 Å². The summed E-state index contributed by atoms with van der Waals surface area (Å²) in [4.78, 5) is 6.47. The summed E-state index contributed by atoms with van der Waals surface area (Å²) in [6.07, 6.45) is 1.89. The van der Waals surface area contributed by atoms with Crippen LogP contribution in [0.2, 0.25) is 0 Å². The van der Waals surface area contributed by atoms with Gasteiger partial charge in [0.25, 0.3) is 0 Å². The van der Waals surface area contributed by atoms with Crippen LogP contribution in [0.25, 0.3) is 0 Å². The minimum Gasteiger partial charge on any atom is -0.395 e. The van der Waals surface area contributed by atoms with Crippen molar-refractivity contribution in [3.63, 3.8) is 0 Å². The number of aromatic nitrogens is 2. The second-order valence-corrected chi connectivity index (χ2v) is 4.70. The molecule has 17 heavy (non-hydrogen) atoms. The molecule has 0 atom stereocenters. The second-order valence-electron chi connectivity index (χ2n) is 4.70. The van der Waals surface area contributed by atoms with Crippen molar-refractivity contribution >= 4 is 0 Å². The molecule has 0 amide bonds. The standard InChI is InChI=1S/C12H23N3O2/c1-4-5-15(6-7-16)9-12-13-11(14-17-12)8-10(2)3/h10,16H,4-9H2,1-3H3. The fraction of sp³-hybridized carbons (Fsp3) is 0.833. The highest BCUT2D eigenvalue weighted by molar-refractivity contribution is 4.87. The van der Waals surface area contributed by atoms with Gasteiger partial charge in [0.15, 0.2) is 5.82 Å². The van der Waals surface area contributed by atoms with Crippen molar-refractivity contribution in [1.29, 1.82) is 0 Å². The number of nitrogens with zero attached hydrogens (tertiary/aromatic N) is 3. The lowest BCUT2D eigenvalue weighted by Crippen LogP contribution is -2.27. The Morgan fingerprint density at radius 1 is 1.35 bits per heavy atom. The number of aliphatic hydroxyl groups is 1. The van der Waals surface area contributed by atoms with E-state index in [0.717, 1.165) is 25.2 Å². The van der Waals surface area contributed by atoms with E-state index in [2.05, 4.69) is 35.8 Å². The summed E-state index contributed by atoms with van der Waals surface area (Å²) in [6.45, 7) is 8.74. The summed E-state index contributed by atoms with van der Waals surface area (Å²) in [7, 11) is 0. The van der Waals surface area contributed by atoms with E-state index >= 15 is 0 Å². The highest BCUT2D eigenvalue weighted by atomic mass is 16.5. The molecule has 1 N–H and O–H groups in total. The molecule has 0 saturated heterocycles. The topological polar surface area (TPSA) is 62.4 Å². The third-order valence-electron chi connectivity index (χ3n) is 2.42. The Labute approximate surface area is 103 Å². The van der Waals surface area contributed by atoms with Crippen LogP contribution < -0.4 is 0 Å². The van der Waals surface area contributed by atoms with Crippen LogP contribution in [0.5, 0.6) is 0 Å². The van der Waals surface area contributed by atoms with Gasteiger partial charge in [-0.05, 0) is 18.9 Å². The maximum Gasteiger partial charge on any atom is 0.240 e. The Morgan fingerprint density at radius 3 is 2.71 bits per heavy atom. The van der Waals surface area contributed by atoms with E-state index in [4.69, 9.17) is 9.63 Å². The number of rotatable bonds is 8. The van der Waals surface area contributed by atoms with Crippen molar-refractivity contribution in [2.75, 3.05) is 19.7 Å². The smallest absolute Gasteiger partial charge is 0.240 e. The lowest BCUT2D eigenvalue weighted by Gasteiger charge is -2.17. The van der Waals surface area contributed by atoms with E-state index in [1.54, 1.807) is 0 Å². The molecule has 0 aliphatic carbocycles. The summed E-state index contributed by atoms with van der Waals surface area (Å²) in [5.74, 6) is 1.95. The lowest BCUT2D eigenvalue weighted by atomic mass is 10.1. The van der Waals surface area contributed by atoms with Crippen LogP contribution in [0, 0.1) is 5.92 Å². The van der Waals surface area contributed by atoms with Gasteiger partial charge in [0.2, 0.25) is 5.89 Å². The van der Waals surface area contributed by atoms with Gasteiger partial charge >= 0.3 is 0 Å². The first-order valence-corrected chi connectivity index (χ1v) is 6.30. The first-order valence-electron chi connectivity index (χ1n) is 6.30. The highest BCUT2D eigenvalue weighted by Crippen LogP contribution is 2.07. The SMILES string of the molecule is CCCN(CCO)Cc1nc(CC(C)C)no1. The van der Waals surface area contributed by atoms with Gasteiger partial charge in [0, 0.05) is 13.0 Å². The third-order valence-corrected chi connectivity index (χ3v) is 2.42. The molecule has 0 aliphatic rings. The first-order chi connectivity index (χ1) is 8.15. The summed E-state index contributed by atoms with van der Waals surface area (Å²) in [6, 6.07) is 0. The number of aliphatic hydroxyl groups excluding tert-OH is 1. The zero-order chi connectivity index (χ0) is 12.7. The average molecular weight is 241 g/mol. The van der Waals surface area contributed by atoms with Crippen molar-refractivity contribution in [3.05, 3.63) is 11.7 Å². The van der Waals surface area contributed by atoms with Crippen LogP contribution in [0.1, 0.15) is 38.9 Å². The lowest BCUT2D eigenvalue weighted by molar-refractivity contribution is 0.174. The van der Waals surface area contributed by atoms with Crippen LogP contribution in [0.3, 0.4) is 0 Å². The van der Waals surface area contributed by atoms with Crippen molar-refractivity contribution < 1.29 is 9.63 Å². The molecule has 1 rings (SSSR count). The molecule has 0 aromatic carbocycles. The molecule has 5 heteroatoms. The highest BCUT2D eigenvalue weighted by Gasteiger charge is 2.11. The van der Waals surface area contributed by atoms with Gasteiger partial charge in [0.05, 0.1) is 13.2 Å². The van der Waals surface area contributed by atoms with Crippen molar-refractivity contribution in [3.8, 4) is 0 Å². The maximum absolute atomic E-state index is 8.96. The molecule has 1 aromatic rings. The van der Waals surface area contributed by atoms with E-state index in [0.29, 0.717) is 24.9 Å². The molecule has 0 aliphatic heterocycles. The summed E-state index contributed by atoms with van der Waals surface area (Å²) >= 11 is 0. The Bertz CT molecular complexity index is 306. The monoisotopic (exact) mass is 241 g/mol. The van der Waals surface area contributed by atoms with Gasteiger partial charge in [-0.1, -0.05) is 25.9 Å². The second kappa shape index (κ2) is 7.40. The van der Waals surface area contributed by atoms with Gasteiger partial charge in [0.1, 0.15) is 0 Å². The van der Waals surface area contributed by atoms with E-state index in [-0.39, 0.29) is 6.61 Å². The molecule has 1 aromatic heterocycles. The largest absolute Gasteiger partial charge is 0.395 e. The van der Waals surface area contributed by atoms with Crippen LogP contribution in [0.4, 0.5) is 0 Å². The third kappa shape index (κ3) is 5.28. The summed E-state index contributed by atoms with van der Waals surface area (Å²) in [5.41, 5.74) is 0. The molecule has 0 spiro atoms. The van der Waals surface area contributed by atoms with Gasteiger partial charge in [-0.25, -0.2) is 0 Å². The molecule has 0 radical (unpaired) electrons. The van der Waals surface area contributed by atoms with Crippen LogP contribution in [0.15, 0.2) is 4.52 Å². The minimum absolute atomic E-state index is 0.160. The Kier molecular flexibility index (Phi) is 6.15. The molecule has 0 bridgehead atoms. The van der Waals surface area contributed by atoms with Crippen LogP contribution in [-0.2, 0) is 13.0 Å². The molecule has 0 saturated carbocycles. The molecule has 0 fully saturated rings. The average Bonchev–Trinajstić information content (AvgIpc) is 2.65. The molecular weight excluding hydrogens is 218 g/mol. The van der Waals surface area contributed by atoms with E-state index in [1.807, 2.05) is 0 Å². The number of hydrogen-bond acceptors (Lipinski definition) is 5. The quantitative estimate of drug-likeness (QED) is 0.746. The van der Waals surface area contributed by atoms with Crippen LogP contribution in [-0.4, -0.2) is 39.8 Å². The predicted molar refractivity (Wildman–Crippen MR) is 65.5 cm³/mol. The minimum atomic E-state index is 0.160. The van der Waals surface area contributed by atoms with Gasteiger partial charge in [-0.2, -0.15) is 4.98 Å². The Hall–Kier alpha value is -0.940. The van der Waals surface area contributed by atoms with Crippen LogP contribution >= 0.6 is 0 Å². The number of hydrogen-bond donors (Lipinski definition) is 1. The molecular formula is C12H23N3O2. The van der Waals surface area contributed by atoms with Crippen molar-refractivity contribution in [2.24, 2.45) is 5.92 Å². The normalized spacial score (nSPS) is 11.6. The predicted octanol–water partition coefficient (Wildman–Crippen LogP) is 1.47. The Balaban J connectivity index is 2.50. The molecule has 1 heterocycles. The Morgan fingerprint density at radius 2 is 2.12 bits per heavy atom. The fourth-order valence-corrected chi connectivity index (χ4v) is 1.72. The first kappa shape index (κ1) is 14.1. The van der Waals surface area contributed by atoms with Crippen molar-refractivity contribution in [2.45, 2.75) is 40.2 Å². The van der Waals surface area contributed by atoms with Gasteiger partial charge in [-0.15, -0.1) is 0 Å². The van der Waals surface area contributed by atoms with Gasteiger partial charge < -0.3 is 9.63 Å². The molecule has 0 unspecified atom stereocenters. The van der Waals surface area contributed by atoms with Crippen molar-refractivity contribution in [1.82, 2.24) is 15.0 Å². The van der Waals surface area contributed by atoms with E-state index in [9.17, 15) is 0 Å². The molecule has 5 nitrogen and oxygen atoms in total. The zero-order valence-electron chi connectivity index (χ0n) is 11.0.